The van der Waals surface area contributed by atoms with Crippen LogP contribution in [0.1, 0.15) is 113 Å². The van der Waals surface area contributed by atoms with Crippen LogP contribution in [0.2, 0.25) is 0 Å². The molecule has 0 fully saturated rings. The van der Waals surface area contributed by atoms with E-state index in [0.717, 1.165) is 22.8 Å². The molecule has 2 aromatic heterocycles. The molecule has 0 aliphatic carbocycles. The zero-order valence-corrected chi connectivity index (χ0v) is 30.1. The maximum Gasteiger partial charge on any atom is 2.00 e. The summed E-state index contributed by atoms with van der Waals surface area (Å²) >= 11 is 0. The van der Waals surface area contributed by atoms with Crippen LogP contribution >= 0.6 is 7.92 Å². The van der Waals surface area contributed by atoms with Gasteiger partial charge < -0.3 is 9.97 Å². The number of rotatable bonds is 8. The molecule has 0 amide bonds. The Labute approximate surface area is 273 Å². The van der Waals surface area contributed by atoms with Crippen LogP contribution in [0.25, 0.3) is 0 Å². The summed E-state index contributed by atoms with van der Waals surface area (Å²) in [5.41, 5.74) is 9.23. The molecule has 4 aromatic rings. The van der Waals surface area contributed by atoms with Gasteiger partial charge in [-0.2, -0.15) is 12.4 Å². The summed E-state index contributed by atoms with van der Waals surface area (Å²) < 4.78 is 0. The number of benzene rings is 2. The first-order valence-electron chi connectivity index (χ1n) is 15.2. The van der Waals surface area contributed by atoms with E-state index in [9.17, 15) is 0 Å². The van der Waals surface area contributed by atoms with E-state index in [1.807, 2.05) is 36.7 Å². The third-order valence-corrected chi connectivity index (χ3v) is 6.49. The molecule has 0 saturated carbocycles. The van der Waals surface area contributed by atoms with E-state index in [0.29, 0.717) is 23.7 Å². The van der Waals surface area contributed by atoms with Crippen molar-refractivity contribution in [1.29, 1.82) is 0 Å². The molecule has 4 rings (SSSR count). The topological polar surface area (TPSA) is 52.9 Å². The molecule has 1 radical (unpaired) electrons. The van der Waals surface area contributed by atoms with Gasteiger partial charge in [0.15, 0.2) is 0 Å². The monoisotopic (exact) mass is 642 g/mol. The quantitative estimate of drug-likeness (QED) is 0.142. The Hall–Kier alpha value is -2.72. The molecular formula is C37H52CoN4P+. The molecule has 0 unspecified atom stereocenters. The average molecular weight is 643 g/mol. The predicted octanol–water partition coefficient (Wildman–Crippen LogP) is 10.4. The standard InChI is InChI=1S/2C17H21N2.C3H9P.Co/c2*1-12(2)15-8-5-9-16(13(3)4)17(15)19-11-14-7-6-10-18-14;1-4(2)3;/h2*5-13H,1-4H3;1-3H3;/q2*-1;;+2/p+1. The summed E-state index contributed by atoms with van der Waals surface area (Å²) in [4.78, 5) is 17.9. The van der Waals surface area contributed by atoms with Crippen molar-refractivity contribution in [3.8, 4) is 0 Å². The molecule has 0 bridgehead atoms. The first-order chi connectivity index (χ1) is 19.9. The number of hydrogen-bond acceptors (Lipinski definition) is 2. The molecule has 233 valence electrons. The van der Waals surface area contributed by atoms with Crippen LogP contribution in [0.5, 0.6) is 0 Å². The molecule has 0 aliphatic rings. The minimum atomic E-state index is 0. The molecule has 43 heavy (non-hydrogen) atoms. The van der Waals surface area contributed by atoms with Crippen molar-refractivity contribution in [1.82, 2.24) is 9.97 Å². The van der Waals surface area contributed by atoms with Gasteiger partial charge in [-0.3, -0.25) is 9.98 Å². The van der Waals surface area contributed by atoms with E-state index in [2.05, 4.69) is 122 Å². The van der Waals surface area contributed by atoms with E-state index < -0.39 is 0 Å². The molecular weight excluding hydrogens is 590 g/mol. The van der Waals surface area contributed by atoms with E-state index >= 15 is 0 Å². The number of para-hydroxylation sites is 2. The minimum absolute atomic E-state index is 0. The van der Waals surface area contributed by atoms with Gasteiger partial charge >= 0.3 is 16.8 Å². The van der Waals surface area contributed by atoms with Gasteiger partial charge in [-0.05, 0) is 53.8 Å². The van der Waals surface area contributed by atoms with Crippen LogP contribution in [0.15, 0.2) is 83.0 Å². The number of aliphatic imine (C=N–C) groups is 2. The second-order valence-corrected chi connectivity index (χ2v) is 15.3. The summed E-state index contributed by atoms with van der Waals surface area (Å²) in [6.07, 6.45) is 7.29. The van der Waals surface area contributed by atoms with Crippen LogP contribution < -0.4 is 9.97 Å². The summed E-state index contributed by atoms with van der Waals surface area (Å²) in [5, 5.41) is 0. The second-order valence-electron chi connectivity index (χ2n) is 12.3. The SMILES string of the molecule is CC(C)c1cccc(C(C)C)c1N=Cc1ccc[n-]1.CC(C)c1cccc(C(C)C)c1N=Cc1ccc[n-]1.C[PH+](C)C.[Co+2]. The molecule has 4 nitrogen and oxygen atoms in total. The molecule has 0 atom stereocenters. The molecule has 0 aliphatic heterocycles. The van der Waals surface area contributed by atoms with Gasteiger partial charge in [0.05, 0.1) is 11.4 Å². The summed E-state index contributed by atoms with van der Waals surface area (Å²) in [7, 11) is 0.120. The predicted molar refractivity (Wildman–Crippen MR) is 189 cm³/mol. The van der Waals surface area contributed by atoms with Gasteiger partial charge in [-0.1, -0.05) is 116 Å². The van der Waals surface area contributed by atoms with E-state index in [1.54, 1.807) is 12.4 Å². The van der Waals surface area contributed by atoms with Crippen molar-refractivity contribution >= 4 is 31.7 Å². The van der Waals surface area contributed by atoms with E-state index in [-0.39, 0.29) is 24.7 Å². The Kier molecular flexibility index (Phi) is 17.4. The normalized spacial score (nSPS) is 11.3. The van der Waals surface area contributed by atoms with Gasteiger partial charge in [0, 0.05) is 32.4 Å². The van der Waals surface area contributed by atoms with Gasteiger partial charge in [0.1, 0.15) is 0 Å². The van der Waals surface area contributed by atoms with Crippen molar-refractivity contribution in [3.05, 3.63) is 107 Å². The Morgan fingerprint density at radius 2 is 0.791 bits per heavy atom. The van der Waals surface area contributed by atoms with Gasteiger partial charge in [-0.15, -0.1) is 11.4 Å². The maximum atomic E-state index is 4.70. The fraction of sp³-hybridized carbons (Fsp3) is 0.405. The third-order valence-electron chi connectivity index (χ3n) is 6.49. The molecule has 2 heterocycles. The molecule has 2 aromatic carbocycles. The Morgan fingerprint density at radius 1 is 0.512 bits per heavy atom. The minimum Gasteiger partial charge on any atom is -0.663 e. The number of nitrogens with zero attached hydrogens (tertiary/aromatic N) is 4. The summed E-state index contributed by atoms with van der Waals surface area (Å²) in [5.74, 6) is 1.88. The summed E-state index contributed by atoms with van der Waals surface area (Å²) in [6.45, 7) is 24.5. The Bertz CT molecular complexity index is 1210. The van der Waals surface area contributed by atoms with Crippen LogP contribution in [0.3, 0.4) is 0 Å². The van der Waals surface area contributed by atoms with Crippen molar-refractivity contribution in [3.63, 3.8) is 0 Å². The Morgan fingerprint density at radius 3 is 1.00 bits per heavy atom. The molecule has 0 spiro atoms. The van der Waals surface area contributed by atoms with Crippen LogP contribution in [0.4, 0.5) is 11.4 Å². The van der Waals surface area contributed by atoms with E-state index in [1.165, 1.54) is 22.3 Å². The fourth-order valence-electron chi connectivity index (χ4n) is 4.36. The zero-order chi connectivity index (χ0) is 31.2. The van der Waals surface area contributed by atoms with Crippen molar-refractivity contribution in [2.75, 3.05) is 20.0 Å². The van der Waals surface area contributed by atoms with Crippen molar-refractivity contribution in [2.45, 2.75) is 79.1 Å². The number of aromatic nitrogens is 2. The summed E-state index contributed by atoms with van der Waals surface area (Å²) in [6, 6.07) is 20.7. The first kappa shape index (κ1) is 38.3. The largest absolute Gasteiger partial charge is 2.00 e. The van der Waals surface area contributed by atoms with Gasteiger partial charge in [-0.25, -0.2) is 0 Å². The smallest absolute Gasteiger partial charge is 0.663 e. The first-order valence-corrected chi connectivity index (χ1v) is 18.2. The fourth-order valence-corrected chi connectivity index (χ4v) is 4.36. The maximum absolute atomic E-state index is 4.70. The van der Waals surface area contributed by atoms with Crippen LogP contribution in [0, 0.1) is 0 Å². The van der Waals surface area contributed by atoms with Crippen molar-refractivity contribution < 1.29 is 16.8 Å². The van der Waals surface area contributed by atoms with Gasteiger partial charge in [0.2, 0.25) is 0 Å². The Balaban J connectivity index is 0.000000375. The van der Waals surface area contributed by atoms with Crippen molar-refractivity contribution in [2.24, 2.45) is 9.98 Å². The number of hydrogen-bond donors (Lipinski definition) is 0. The van der Waals surface area contributed by atoms with Gasteiger partial charge in [0.25, 0.3) is 0 Å². The zero-order valence-electron chi connectivity index (χ0n) is 28.0. The second kappa shape index (κ2) is 19.5. The van der Waals surface area contributed by atoms with Crippen LogP contribution in [-0.4, -0.2) is 32.4 Å². The molecule has 0 N–H and O–H groups in total. The molecule has 6 heteroatoms. The average Bonchev–Trinajstić information content (AvgIpc) is 3.65. The third kappa shape index (κ3) is 12.8. The molecule has 0 saturated heterocycles. The van der Waals surface area contributed by atoms with Crippen LogP contribution in [-0.2, 0) is 16.8 Å². The van der Waals surface area contributed by atoms with E-state index in [4.69, 9.17) is 9.98 Å².